The standard InChI is InChI=1S/C21H24N2O3/c1-15-11-16(2)13-23(12-15)19(24)14-26-20(25)9-8-18-6-3-5-17-7-4-10-22-21(17)18/h3-10,15-16H,11-14H2,1-2H3/b9-8+. The van der Waals surface area contributed by atoms with Gasteiger partial charge in [-0.2, -0.15) is 0 Å². The number of pyridine rings is 1. The molecule has 2 aromatic rings. The van der Waals surface area contributed by atoms with E-state index >= 15 is 0 Å². The van der Waals surface area contributed by atoms with Gasteiger partial charge in [-0.25, -0.2) is 4.79 Å². The third kappa shape index (κ3) is 4.48. The number of aromatic nitrogens is 1. The van der Waals surface area contributed by atoms with Gasteiger partial charge in [0, 0.05) is 36.3 Å². The molecule has 2 heterocycles. The molecular weight excluding hydrogens is 328 g/mol. The molecule has 5 heteroatoms. The molecule has 0 spiro atoms. The molecule has 5 nitrogen and oxygen atoms in total. The first-order chi connectivity index (χ1) is 12.5. The van der Waals surface area contributed by atoms with Crippen molar-refractivity contribution in [3.63, 3.8) is 0 Å². The van der Waals surface area contributed by atoms with Crippen LogP contribution in [-0.2, 0) is 14.3 Å². The van der Waals surface area contributed by atoms with Crippen molar-refractivity contribution in [1.82, 2.24) is 9.88 Å². The van der Waals surface area contributed by atoms with Gasteiger partial charge in [-0.15, -0.1) is 0 Å². The van der Waals surface area contributed by atoms with Crippen LogP contribution in [0.1, 0.15) is 25.8 Å². The number of ether oxygens (including phenoxy) is 1. The van der Waals surface area contributed by atoms with E-state index in [2.05, 4.69) is 18.8 Å². The van der Waals surface area contributed by atoms with Gasteiger partial charge in [-0.05, 0) is 30.4 Å². The SMILES string of the molecule is CC1CC(C)CN(C(=O)COC(=O)/C=C/c2cccc3cccnc23)C1. The van der Waals surface area contributed by atoms with Crippen LogP contribution >= 0.6 is 0 Å². The molecule has 1 saturated heterocycles. The molecule has 2 unspecified atom stereocenters. The highest BCUT2D eigenvalue weighted by Gasteiger charge is 2.25. The topological polar surface area (TPSA) is 59.5 Å². The van der Waals surface area contributed by atoms with E-state index in [0.29, 0.717) is 11.8 Å². The monoisotopic (exact) mass is 352 g/mol. The Bertz CT molecular complexity index is 816. The van der Waals surface area contributed by atoms with Crippen molar-refractivity contribution in [2.24, 2.45) is 11.8 Å². The zero-order valence-corrected chi connectivity index (χ0v) is 15.2. The minimum Gasteiger partial charge on any atom is -0.452 e. The smallest absolute Gasteiger partial charge is 0.331 e. The number of nitrogens with zero attached hydrogens (tertiary/aromatic N) is 2. The van der Waals surface area contributed by atoms with Crippen LogP contribution in [0.4, 0.5) is 0 Å². The average Bonchev–Trinajstić information content (AvgIpc) is 2.63. The summed E-state index contributed by atoms with van der Waals surface area (Å²) in [5.41, 5.74) is 1.66. The lowest BCUT2D eigenvalue weighted by atomic mass is 9.92. The minimum absolute atomic E-state index is 0.128. The number of rotatable bonds is 4. The highest BCUT2D eigenvalue weighted by molar-refractivity contribution is 5.93. The highest BCUT2D eigenvalue weighted by atomic mass is 16.5. The summed E-state index contributed by atoms with van der Waals surface area (Å²) in [6.45, 7) is 5.54. The molecule has 0 radical (unpaired) electrons. The van der Waals surface area contributed by atoms with Crippen LogP contribution in [-0.4, -0.2) is 41.5 Å². The van der Waals surface area contributed by atoms with Crippen LogP contribution in [0.2, 0.25) is 0 Å². The maximum atomic E-state index is 12.3. The largest absolute Gasteiger partial charge is 0.452 e. The van der Waals surface area contributed by atoms with E-state index in [9.17, 15) is 9.59 Å². The number of benzene rings is 1. The zero-order valence-electron chi connectivity index (χ0n) is 15.2. The molecule has 1 aromatic heterocycles. The minimum atomic E-state index is -0.524. The lowest BCUT2D eigenvalue weighted by Crippen LogP contribution is -2.44. The molecule has 0 bridgehead atoms. The highest BCUT2D eigenvalue weighted by Crippen LogP contribution is 2.21. The third-order valence-corrected chi connectivity index (χ3v) is 4.62. The van der Waals surface area contributed by atoms with Crippen LogP contribution in [0.3, 0.4) is 0 Å². The molecular formula is C21H24N2O3. The number of carbonyl (C=O) groups excluding carboxylic acids is 2. The van der Waals surface area contributed by atoms with E-state index in [4.69, 9.17) is 4.74 Å². The van der Waals surface area contributed by atoms with Gasteiger partial charge in [0.1, 0.15) is 0 Å². The summed E-state index contributed by atoms with van der Waals surface area (Å²) in [7, 11) is 0. The average molecular weight is 352 g/mol. The Hall–Kier alpha value is -2.69. The fourth-order valence-electron chi connectivity index (χ4n) is 3.56. The number of hydrogen-bond donors (Lipinski definition) is 0. The summed E-state index contributed by atoms with van der Waals surface area (Å²) in [5.74, 6) is 0.315. The summed E-state index contributed by atoms with van der Waals surface area (Å²) in [6, 6.07) is 9.62. The van der Waals surface area contributed by atoms with Gasteiger partial charge in [-0.3, -0.25) is 9.78 Å². The predicted molar refractivity (Wildman–Crippen MR) is 101 cm³/mol. The fraction of sp³-hybridized carbons (Fsp3) is 0.381. The van der Waals surface area contributed by atoms with Crippen LogP contribution in [0.25, 0.3) is 17.0 Å². The molecule has 1 aromatic carbocycles. The van der Waals surface area contributed by atoms with Crippen molar-refractivity contribution < 1.29 is 14.3 Å². The van der Waals surface area contributed by atoms with Crippen LogP contribution in [0, 0.1) is 11.8 Å². The Labute approximate surface area is 153 Å². The fourth-order valence-corrected chi connectivity index (χ4v) is 3.56. The summed E-state index contributed by atoms with van der Waals surface area (Å²) in [5, 5.41) is 1.01. The lowest BCUT2D eigenvalue weighted by molar-refractivity contribution is -0.149. The molecule has 1 fully saturated rings. The van der Waals surface area contributed by atoms with E-state index in [1.165, 1.54) is 6.08 Å². The number of amides is 1. The Balaban J connectivity index is 1.57. The zero-order chi connectivity index (χ0) is 18.5. The summed E-state index contributed by atoms with van der Waals surface area (Å²) >= 11 is 0. The summed E-state index contributed by atoms with van der Waals surface area (Å²) in [6.07, 6.45) is 5.87. The van der Waals surface area contributed by atoms with E-state index in [1.807, 2.05) is 30.3 Å². The Morgan fingerprint density at radius 3 is 2.69 bits per heavy atom. The van der Waals surface area contributed by atoms with Gasteiger partial charge in [0.25, 0.3) is 5.91 Å². The molecule has 26 heavy (non-hydrogen) atoms. The molecule has 2 atom stereocenters. The van der Waals surface area contributed by atoms with Crippen molar-refractivity contribution in [3.8, 4) is 0 Å². The molecule has 136 valence electrons. The maximum Gasteiger partial charge on any atom is 0.331 e. The summed E-state index contributed by atoms with van der Waals surface area (Å²) in [4.78, 5) is 30.4. The first kappa shape index (κ1) is 18.1. The first-order valence-corrected chi connectivity index (χ1v) is 8.99. The van der Waals surface area contributed by atoms with Crippen molar-refractivity contribution in [2.45, 2.75) is 20.3 Å². The number of esters is 1. The molecule has 0 aliphatic carbocycles. The van der Waals surface area contributed by atoms with Gasteiger partial charge < -0.3 is 9.64 Å². The van der Waals surface area contributed by atoms with Crippen LogP contribution in [0.5, 0.6) is 0 Å². The molecule has 1 aliphatic heterocycles. The van der Waals surface area contributed by atoms with Crippen LogP contribution in [0.15, 0.2) is 42.6 Å². The molecule has 1 amide bonds. The van der Waals surface area contributed by atoms with Gasteiger partial charge in [0.15, 0.2) is 6.61 Å². The Morgan fingerprint density at radius 2 is 1.92 bits per heavy atom. The Morgan fingerprint density at radius 1 is 1.19 bits per heavy atom. The number of fused-ring (bicyclic) bond motifs is 1. The van der Waals surface area contributed by atoms with Crippen molar-refractivity contribution in [3.05, 3.63) is 48.2 Å². The van der Waals surface area contributed by atoms with E-state index in [1.54, 1.807) is 17.2 Å². The number of hydrogen-bond acceptors (Lipinski definition) is 4. The van der Waals surface area contributed by atoms with Gasteiger partial charge in [0.05, 0.1) is 5.52 Å². The lowest BCUT2D eigenvalue weighted by Gasteiger charge is -2.34. The number of likely N-dealkylation sites (tertiary alicyclic amines) is 1. The summed E-state index contributed by atoms with van der Waals surface area (Å²) < 4.78 is 5.12. The van der Waals surface area contributed by atoms with E-state index in [0.717, 1.165) is 36.0 Å². The van der Waals surface area contributed by atoms with Gasteiger partial charge >= 0.3 is 5.97 Å². The van der Waals surface area contributed by atoms with E-state index < -0.39 is 5.97 Å². The Kier molecular flexibility index (Phi) is 5.66. The molecule has 1 aliphatic rings. The predicted octanol–water partition coefficient (Wildman–Crippen LogP) is 3.30. The van der Waals surface area contributed by atoms with Gasteiger partial charge in [-0.1, -0.05) is 38.1 Å². The number of piperidine rings is 1. The van der Waals surface area contributed by atoms with Gasteiger partial charge in [0.2, 0.25) is 0 Å². The second-order valence-corrected chi connectivity index (χ2v) is 7.11. The molecule has 0 saturated carbocycles. The maximum absolute atomic E-state index is 12.3. The van der Waals surface area contributed by atoms with Crippen molar-refractivity contribution in [2.75, 3.05) is 19.7 Å². The van der Waals surface area contributed by atoms with Crippen molar-refractivity contribution >= 4 is 28.9 Å². The van der Waals surface area contributed by atoms with E-state index in [-0.39, 0.29) is 12.5 Å². The first-order valence-electron chi connectivity index (χ1n) is 8.99. The van der Waals surface area contributed by atoms with Crippen molar-refractivity contribution in [1.29, 1.82) is 0 Å². The van der Waals surface area contributed by atoms with Crippen LogP contribution < -0.4 is 0 Å². The number of para-hydroxylation sites is 1. The third-order valence-electron chi connectivity index (χ3n) is 4.62. The normalized spacial score (nSPS) is 20.5. The molecule has 3 rings (SSSR count). The second-order valence-electron chi connectivity index (χ2n) is 7.11. The number of carbonyl (C=O) groups is 2. The quantitative estimate of drug-likeness (QED) is 0.626. The second kappa shape index (κ2) is 8.13. The molecule has 0 N–H and O–H groups in total.